The number of carbonyl (C=O) groups excluding carboxylic acids is 4. The number of aliphatic hydroxyl groups excluding tert-OH is 1. The molecule has 0 bridgehead atoms. The Morgan fingerprint density at radius 1 is 0.241 bits per heavy atom. The monoisotopic (exact) mass is 1630 g/mol. The summed E-state index contributed by atoms with van der Waals surface area (Å²) in [6, 6.07) is 0. The average molecular weight is 1630 g/mol. The molecule has 0 fully saturated rings. The van der Waals surface area contributed by atoms with E-state index in [1.807, 2.05) is 0 Å². The fourth-order valence-electron chi connectivity index (χ4n) is 14.7. The maximum atomic E-state index is 13.2. The van der Waals surface area contributed by atoms with Gasteiger partial charge in [0.1, 0.15) is 19.3 Å². The normalized spacial score (nSPS) is 13.7. The number of esters is 4. The number of carbonyl (C=O) groups is 4. The number of rotatable bonds is 92. The fraction of sp³-hybridized carbons (Fsp3) is 0.957. The first-order valence-electron chi connectivity index (χ1n) is 48.0. The predicted molar refractivity (Wildman–Crippen MR) is 465 cm³/mol. The van der Waals surface area contributed by atoms with Crippen LogP contribution in [0.5, 0.6) is 0 Å². The summed E-state index contributed by atoms with van der Waals surface area (Å²) < 4.78 is 69.1. The van der Waals surface area contributed by atoms with E-state index < -0.39 is 97.5 Å². The van der Waals surface area contributed by atoms with Gasteiger partial charge in [-0.3, -0.25) is 37.3 Å². The van der Waals surface area contributed by atoms with Gasteiger partial charge >= 0.3 is 39.5 Å². The van der Waals surface area contributed by atoms with E-state index in [0.717, 1.165) is 102 Å². The van der Waals surface area contributed by atoms with Gasteiger partial charge in [0.15, 0.2) is 12.2 Å². The first kappa shape index (κ1) is 110. The topological polar surface area (TPSA) is 237 Å². The van der Waals surface area contributed by atoms with E-state index in [9.17, 15) is 43.2 Å². The molecule has 0 aromatic carbocycles. The summed E-state index contributed by atoms with van der Waals surface area (Å²) in [4.78, 5) is 73.4. The number of phosphoric ester groups is 2. The van der Waals surface area contributed by atoms with E-state index in [2.05, 4.69) is 41.5 Å². The Morgan fingerprint density at radius 2 is 0.411 bits per heavy atom. The van der Waals surface area contributed by atoms with E-state index in [1.165, 1.54) is 315 Å². The summed E-state index contributed by atoms with van der Waals surface area (Å²) in [5.74, 6) is -0.610. The molecule has 666 valence electrons. The summed E-state index contributed by atoms with van der Waals surface area (Å²) in [5.41, 5.74) is 0. The molecule has 0 heterocycles. The third kappa shape index (κ3) is 85.9. The minimum absolute atomic E-state index is 0.107. The number of hydrogen-bond donors (Lipinski definition) is 3. The molecule has 19 heteroatoms. The fourth-order valence-corrected chi connectivity index (χ4v) is 16.2. The zero-order valence-electron chi connectivity index (χ0n) is 74.0. The van der Waals surface area contributed by atoms with E-state index in [-0.39, 0.29) is 25.7 Å². The highest BCUT2D eigenvalue weighted by Crippen LogP contribution is 2.45. The van der Waals surface area contributed by atoms with Crippen molar-refractivity contribution in [1.29, 1.82) is 0 Å². The molecule has 0 aliphatic heterocycles. The molecule has 2 unspecified atom stereocenters. The Kier molecular flexibility index (Phi) is 82.6. The lowest BCUT2D eigenvalue weighted by atomic mass is 10.0. The minimum Gasteiger partial charge on any atom is -0.462 e. The predicted octanol–water partition coefficient (Wildman–Crippen LogP) is 29.0. The van der Waals surface area contributed by atoms with Crippen LogP contribution in [0.3, 0.4) is 0 Å². The van der Waals surface area contributed by atoms with Gasteiger partial charge in [0.05, 0.1) is 26.4 Å². The zero-order valence-corrected chi connectivity index (χ0v) is 75.8. The van der Waals surface area contributed by atoms with Crippen LogP contribution in [0.1, 0.15) is 504 Å². The SMILES string of the molecule is CCCCCCCCCCCCCCCCCCCCCCCCC(=O)OC[C@H](COP(=O)(O)OC[C@@H](O)COP(=O)(O)OC[C@@H](COC(=O)CCCCCCCCC(C)C)OC(=O)CCCCCCCCCCCCCCCCCCC(C)C)OC(=O)CCCCCCCCCCCCCCCCCCCCCCCC. The Balaban J connectivity index is 5.18. The molecule has 3 N–H and O–H groups in total. The lowest BCUT2D eigenvalue weighted by molar-refractivity contribution is -0.161. The van der Waals surface area contributed by atoms with Crippen LogP contribution in [-0.2, 0) is 65.4 Å². The molecule has 0 aromatic rings. The molecule has 17 nitrogen and oxygen atoms in total. The molecule has 0 rings (SSSR count). The van der Waals surface area contributed by atoms with Gasteiger partial charge < -0.3 is 33.8 Å². The van der Waals surface area contributed by atoms with Gasteiger partial charge in [-0.15, -0.1) is 0 Å². The zero-order chi connectivity index (χ0) is 82.0. The van der Waals surface area contributed by atoms with Crippen LogP contribution in [0.25, 0.3) is 0 Å². The Bertz CT molecular complexity index is 2130. The van der Waals surface area contributed by atoms with Crippen molar-refractivity contribution in [3.05, 3.63) is 0 Å². The summed E-state index contributed by atoms with van der Waals surface area (Å²) in [7, 11) is -9.94. The molecule has 5 atom stereocenters. The largest absolute Gasteiger partial charge is 0.472 e. The van der Waals surface area contributed by atoms with Gasteiger partial charge in [-0.25, -0.2) is 9.13 Å². The molecule has 0 saturated heterocycles. The van der Waals surface area contributed by atoms with E-state index >= 15 is 0 Å². The smallest absolute Gasteiger partial charge is 0.462 e. The second kappa shape index (κ2) is 84.1. The molecule has 0 radical (unpaired) electrons. The summed E-state index contributed by atoms with van der Waals surface area (Å²) in [6.07, 6.45) is 79.7. The van der Waals surface area contributed by atoms with Crippen LogP contribution in [0, 0.1) is 11.8 Å². The van der Waals surface area contributed by atoms with Crippen LogP contribution in [0.4, 0.5) is 0 Å². The van der Waals surface area contributed by atoms with Gasteiger partial charge in [0.2, 0.25) is 0 Å². The third-order valence-electron chi connectivity index (χ3n) is 22.0. The highest BCUT2D eigenvalue weighted by molar-refractivity contribution is 7.47. The van der Waals surface area contributed by atoms with Crippen LogP contribution >= 0.6 is 15.6 Å². The molecule has 0 aromatic heterocycles. The van der Waals surface area contributed by atoms with Crippen molar-refractivity contribution in [2.24, 2.45) is 11.8 Å². The van der Waals surface area contributed by atoms with Crippen molar-refractivity contribution >= 4 is 39.5 Å². The number of aliphatic hydroxyl groups is 1. The Hall–Kier alpha value is -1.94. The lowest BCUT2D eigenvalue weighted by Crippen LogP contribution is -2.30. The van der Waals surface area contributed by atoms with Crippen molar-refractivity contribution in [1.82, 2.24) is 0 Å². The molecule has 0 spiro atoms. The molecule has 0 aliphatic carbocycles. The molecular formula is C93H182O17P2. The lowest BCUT2D eigenvalue weighted by Gasteiger charge is -2.21. The third-order valence-corrected chi connectivity index (χ3v) is 23.9. The summed E-state index contributed by atoms with van der Waals surface area (Å²) >= 11 is 0. The van der Waals surface area contributed by atoms with Gasteiger partial charge in [0.25, 0.3) is 0 Å². The van der Waals surface area contributed by atoms with Crippen LogP contribution in [0.2, 0.25) is 0 Å². The minimum atomic E-state index is -4.97. The summed E-state index contributed by atoms with van der Waals surface area (Å²) in [5, 5.41) is 10.7. The van der Waals surface area contributed by atoms with Crippen molar-refractivity contribution < 1.29 is 80.2 Å². The standard InChI is InChI=1S/C93H182O17P2/c1-7-9-11-13-15-17-19-21-23-25-27-29-31-33-35-40-44-48-52-56-63-69-75-90(95)103-81-88(109-92(97)77-71-65-57-53-49-45-41-36-34-32-30-28-26-24-22-20-18-16-14-12-10-8-2)83-107-111(99,100)105-79-87(94)80-106-112(101,102)108-84-89(82-104-91(96)76-70-64-60-59-62-68-74-86(5)6)110-93(98)78-72-66-58-54-50-46-42-38-37-39-43-47-51-55-61-67-73-85(3)4/h85-89,94H,7-84H2,1-6H3,(H,99,100)(H,101,102)/t87-,88-,89-/m1/s1. The van der Waals surface area contributed by atoms with Gasteiger partial charge in [0, 0.05) is 25.7 Å². The number of unbranched alkanes of at least 4 members (excludes halogenated alkanes) is 62. The molecule has 0 saturated carbocycles. The van der Waals surface area contributed by atoms with E-state index in [4.69, 9.17) is 37.0 Å². The first-order valence-corrected chi connectivity index (χ1v) is 51.0. The van der Waals surface area contributed by atoms with Crippen LogP contribution in [-0.4, -0.2) is 96.7 Å². The number of hydrogen-bond acceptors (Lipinski definition) is 15. The van der Waals surface area contributed by atoms with Crippen molar-refractivity contribution in [3.63, 3.8) is 0 Å². The molecule has 0 aliphatic rings. The second-order valence-electron chi connectivity index (χ2n) is 34.4. The quantitative estimate of drug-likeness (QED) is 0.0222. The Morgan fingerprint density at radius 3 is 0.607 bits per heavy atom. The highest BCUT2D eigenvalue weighted by Gasteiger charge is 2.31. The summed E-state index contributed by atoms with van der Waals surface area (Å²) in [6.45, 7) is 9.65. The maximum Gasteiger partial charge on any atom is 0.472 e. The van der Waals surface area contributed by atoms with Gasteiger partial charge in [-0.2, -0.15) is 0 Å². The molecule has 112 heavy (non-hydrogen) atoms. The molecular weight excluding hydrogens is 1450 g/mol. The number of ether oxygens (including phenoxy) is 4. The highest BCUT2D eigenvalue weighted by atomic mass is 31.2. The average Bonchev–Trinajstić information content (AvgIpc) is 0.900. The maximum absolute atomic E-state index is 13.2. The Labute approximate surface area is 689 Å². The van der Waals surface area contributed by atoms with Crippen molar-refractivity contribution in [2.45, 2.75) is 522 Å². The second-order valence-corrected chi connectivity index (χ2v) is 37.3. The first-order chi connectivity index (χ1) is 54.4. The van der Waals surface area contributed by atoms with Gasteiger partial charge in [-0.05, 0) is 37.5 Å². The van der Waals surface area contributed by atoms with Crippen LogP contribution in [0.15, 0.2) is 0 Å². The molecule has 0 amide bonds. The van der Waals surface area contributed by atoms with Crippen molar-refractivity contribution in [2.75, 3.05) is 39.6 Å². The van der Waals surface area contributed by atoms with E-state index in [1.54, 1.807) is 0 Å². The van der Waals surface area contributed by atoms with E-state index in [0.29, 0.717) is 31.6 Å². The number of phosphoric acid groups is 2. The van der Waals surface area contributed by atoms with Crippen LogP contribution < -0.4 is 0 Å². The van der Waals surface area contributed by atoms with Crippen molar-refractivity contribution in [3.8, 4) is 0 Å². The van der Waals surface area contributed by atoms with Gasteiger partial charge in [-0.1, -0.05) is 452 Å².